The first kappa shape index (κ1) is 11.0. The molecule has 1 nitrogen and oxygen atoms in total. The highest BCUT2D eigenvalue weighted by atomic mass is 32.2. The van der Waals surface area contributed by atoms with E-state index in [4.69, 9.17) is 5.73 Å². The lowest BCUT2D eigenvalue weighted by molar-refractivity contribution is 0.886. The molecule has 0 aliphatic heterocycles. The van der Waals surface area contributed by atoms with Crippen molar-refractivity contribution in [1.29, 1.82) is 0 Å². The van der Waals surface area contributed by atoms with Crippen molar-refractivity contribution in [2.45, 2.75) is 42.2 Å². The summed E-state index contributed by atoms with van der Waals surface area (Å²) in [7, 11) is 0. The normalized spacial score (nSPS) is 17.1. The molecule has 15 heavy (non-hydrogen) atoms. The van der Waals surface area contributed by atoms with Gasteiger partial charge in [-0.1, -0.05) is 25.0 Å². The van der Waals surface area contributed by atoms with Gasteiger partial charge in [-0.3, -0.25) is 0 Å². The van der Waals surface area contributed by atoms with Gasteiger partial charge < -0.3 is 5.73 Å². The summed E-state index contributed by atoms with van der Waals surface area (Å²) < 4.78 is 0. The van der Waals surface area contributed by atoms with Crippen molar-refractivity contribution in [2.24, 2.45) is 5.73 Å². The van der Waals surface area contributed by atoms with E-state index in [0.717, 1.165) is 18.2 Å². The van der Waals surface area contributed by atoms with Crippen molar-refractivity contribution in [2.75, 3.05) is 6.54 Å². The molecule has 1 aromatic carbocycles. The van der Waals surface area contributed by atoms with Gasteiger partial charge in [-0.2, -0.15) is 0 Å². The summed E-state index contributed by atoms with van der Waals surface area (Å²) in [5, 5.41) is 0.866. The largest absolute Gasteiger partial charge is 0.330 e. The van der Waals surface area contributed by atoms with Crippen LogP contribution in [0.5, 0.6) is 0 Å². The third kappa shape index (κ3) is 3.25. The molecule has 1 fully saturated rings. The Hall–Kier alpha value is -0.470. The van der Waals surface area contributed by atoms with Crippen LogP contribution in [-0.2, 0) is 6.42 Å². The van der Waals surface area contributed by atoms with E-state index in [1.54, 1.807) is 0 Å². The highest BCUT2D eigenvalue weighted by Gasteiger charge is 2.15. The lowest BCUT2D eigenvalue weighted by Gasteiger charge is -2.08. The van der Waals surface area contributed by atoms with Crippen molar-refractivity contribution in [1.82, 2.24) is 0 Å². The molecule has 0 atom stereocenters. The van der Waals surface area contributed by atoms with E-state index in [-0.39, 0.29) is 0 Å². The second-order valence-electron chi connectivity index (χ2n) is 4.21. The lowest BCUT2D eigenvalue weighted by atomic mass is 10.2. The van der Waals surface area contributed by atoms with Gasteiger partial charge in [-0.25, -0.2) is 0 Å². The van der Waals surface area contributed by atoms with Crippen LogP contribution in [0.2, 0.25) is 0 Å². The predicted octanol–water partition coefficient (Wildman–Crippen LogP) is 3.22. The number of rotatable bonds is 4. The van der Waals surface area contributed by atoms with Crippen LogP contribution in [0.4, 0.5) is 0 Å². The third-order valence-corrected chi connectivity index (χ3v) is 4.31. The molecule has 82 valence electrons. The van der Waals surface area contributed by atoms with Crippen molar-refractivity contribution >= 4 is 11.8 Å². The average molecular weight is 221 g/mol. The second-order valence-corrected chi connectivity index (χ2v) is 5.58. The number of benzene rings is 1. The third-order valence-electron chi connectivity index (χ3n) is 2.96. The van der Waals surface area contributed by atoms with Crippen molar-refractivity contribution in [3.8, 4) is 0 Å². The first-order valence-corrected chi connectivity index (χ1v) is 6.72. The average Bonchev–Trinajstić information content (AvgIpc) is 2.74. The minimum Gasteiger partial charge on any atom is -0.330 e. The zero-order chi connectivity index (χ0) is 10.5. The summed E-state index contributed by atoms with van der Waals surface area (Å²) >= 11 is 2.05. The fraction of sp³-hybridized carbons (Fsp3) is 0.538. The Morgan fingerprint density at radius 2 is 1.80 bits per heavy atom. The molecular formula is C13H19NS. The van der Waals surface area contributed by atoms with Gasteiger partial charge in [0.15, 0.2) is 0 Å². The quantitative estimate of drug-likeness (QED) is 0.845. The molecule has 0 saturated heterocycles. The molecule has 1 aliphatic carbocycles. The van der Waals surface area contributed by atoms with Gasteiger partial charge in [0, 0.05) is 10.1 Å². The maximum absolute atomic E-state index is 5.53. The zero-order valence-corrected chi connectivity index (χ0v) is 9.93. The van der Waals surface area contributed by atoms with Gasteiger partial charge in [-0.15, -0.1) is 11.8 Å². The summed E-state index contributed by atoms with van der Waals surface area (Å²) in [6.07, 6.45) is 6.63. The monoisotopic (exact) mass is 221 g/mol. The molecule has 0 bridgehead atoms. The van der Waals surface area contributed by atoms with E-state index in [0.29, 0.717) is 0 Å². The molecule has 0 radical (unpaired) electrons. The minimum absolute atomic E-state index is 0.745. The van der Waals surface area contributed by atoms with Crippen LogP contribution in [0.15, 0.2) is 29.2 Å². The summed E-state index contributed by atoms with van der Waals surface area (Å²) in [6.45, 7) is 0.745. The molecule has 2 rings (SSSR count). The molecule has 0 aromatic heterocycles. The number of hydrogen-bond acceptors (Lipinski definition) is 2. The van der Waals surface area contributed by atoms with Gasteiger partial charge in [0.05, 0.1) is 0 Å². The van der Waals surface area contributed by atoms with E-state index in [1.165, 1.54) is 36.1 Å². The van der Waals surface area contributed by atoms with Gasteiger partial charge in [0.2, 0.25) is 0 Å². The Morgan fingerprint density at radius 3 is 2.40 bits per heavy atom. The molecule has 0 heterocycles. The summed E-state index contributed by atoms with van der Waals surface area (Å²) in [4.78, 5) is 1.42. The van der Waals surface area contributed by atoms with Crippen LogP contribution in [0.1, 0.15) is 31.2 Å². The molecule has 0 spiro atoms. The van der Waals surface area contributed by atoms with Crippen molar-refractivity contribution in [3.63, 3.8) is 0 Å². The fourth-order valence-corrected chi connectivity index (χ4v) is 3.35. The minimum atomic E-state index is 0.745. The molecular weight excluding hydrogens is 202 g/mol. The Balaban J connectivity index is 1.91. The number of hydrogen-bond donors (Lipinski definition) is 1. The van der Waals surface area contributed by atoms with Crippen LogP contribution < -0.4 is 5.73 Å². The molecule has 0 amide bonds. The Kier molecular flexibility index (Phi) is 4.09. The highest BCUT2D eigenvalue weighted by Crippen LogP contribution is 2.34. The SMILES string of the molecule is NCCc1ccc(SC2CCCC2)cc1. The van der Waals surface area contributed by atoms with Crippen LogP contribution in [0.3, 0.4) is 0 Å². The molecule has 0 unspecified atom stereocenters. The van der Waals surface area contributed by atoms with Crippen LogP contribution in [0.25, 0.3) is 0 Å². The summed E-state index contributed by atoms with van der Waals surface area (Å²) in [5.74, 6) is 0. The molecule has 2 N–H and O–H groups in total. The Bertz CT molecular complexity index is 288. The molecule has 1 saturated carbocycles. The van der Waals surface area contributed by atoms with E-state index >= 15 is 0 Å². The Labute approximate surface area is 96.4 Å². The lowest BCUT2D eigenvalue weighted by Crippen LogP contribution is -2.02. The van der Waals surface area contributed by atoms with Gasteiger partial charge in [-0.05, 0) is 43.5 Å². The van der Waals surface area contributed by atoms with Crippen LogP contribution >= 0.6 is 11.8 Å². The van der Waals surface area contributed by atoms with Gasteiger partial charge in [0.1, 0.15) is 0 Å². The molecule has 2 heteroatoms. The standard InChI is InChI=1S/C13H19NS/c14-10-9-11-5-7-13(8-6-11)15-12-3-1-2-4-12/h5-8,12H,1-4,9-10,14H2. The zero-order valence-electron chi connectivity index (χ0n) is 9.11. The molecule has 1 aromatic rings. The fourth-order valence-electron chi connectivity index (χ4n) is 2.10. The van der Waals surface area contributed by atoms with Gasteiger partial charge >= 0.3 is 0 Å². The topological polar surface area (TPSA) is 26.0 Å². The summed E-state index contributed by atoms with van der Waals surface area (Å²) in [5.41, 5.74) is 6.88. The van der Waals surface area contributed by atoms with Crippen molar-refractivity contribution in [3.05, 3.63) is 29.8 Å². The summed E-state index contributed by atoms with van der Waals surface area (Å²) in [6, 6.07) is 8.91. The van der Waals surface area contributed by atoms with E-state index in [2.05, 4.69) is 24.3 Å². The maximum Gasteiger partial charge on any atom is 0.00944 e. The maximum atomic E-state index is 5.53. The second kappa shape index (κ2) is 5.57. The van der Waals surface area contributed by atoms with Gasteiger partial charge in [0.25, 0.3) is 0 Å². The van der Waals surface area contributed by atoms with Crippen molar-refractivity contribution < 1.29 is 0 Å². The van der Waals surface area contributed by atoms with Crippen LogP contribution in [-0.4, -0.2) is 11.8 Å². The first-order chi connectivity index (χ1) is 7.38. The van der Waals surface area contributed by atoms with E-state index < -0.39 is 0 Å². The first-order valence-electron chi connectivity index (χ1n) is 5.84. The van der Waals surface area contributed by atoms with Crippen LogP contribution in [0, 0.1) is 0 Å². The molecule has 1 aliphatic rings. The predicted molar refractivity (Wildman–Crippen MR) is 67.3 cm³/mol. The van der Waals surface area contributed by atoms with E-state index in [9.17, 15) is 0 Å². The number of nitrogens with two attached hydrogens (primary N) is 1. The highest BCUT2D eigenvalue weighted by molar-refractivity contribution is 8.00. The number of thioether (sulfide) groups is 1. The van der Waals surface area contributed by atoms with E-state index in [1.807, 2.05) is 11.8 Å². The Morgan fingerprint density at radius 1 is 1.13 bits per heavy atom. The smallest absolute Gasteiger partial charge is 0.00944 e.